The number of esters is 4. The second-order valence-corrected chi connectivity index (χ2v) is 21.5. The Bertz CT molecular complexity index is 2320. The minimum atomic E-state index is -2.08. The van der Waals surface area contributed by atoms with E-state index in [9.17, 15) is 140 Å². The van der Waals surface area contributed by atoms with Crippen LogP contribution < -0.4 is 0 Å². The molecule has 0 radical (unpaired) electrons. The molecule has 594 valence electrons. The average Bonchev–Trinajstić information content (AvgIpc) is 0.981. The first-order valence-electron chi connectivity index (χ1n) is 30.5. The summed E-state index contributed by atoms with van der Waals surface area (Å²) < 4.78 is 20.1. The van der Waals surface area contributed by atoms with Crippen molar-refractivity contribution in [3.63, 3.8) is 0 Å². The lowest BCUT2D eigenvalue weighted by molar-refractivity contribution is -0.153. The van der Waals surface area contributed by atoms with Gasteiger partial charge in [-0.2, -0.15) is 0 Å². The van der Waals surface area contributed by atoms with Crippen LogP contribution in [-0.4, -0.2) is 482 Å². The first-order chi connectivity index (χ1) is 48.5. The molecule has 0 bridgehead atoms. The third kappa shape index (κ3) is 41.9. The minimum Gasteiger partial charge on any atom is -0.480 e. The molecular formula is C54H93N9O40. The molecule has 0 saturated carbocycles. The highest BCUT2D eigenvalue weighted by Crippen LogP contribution is 2.09. The Morgan fingerprint density at radius 1 is 0.291 bits per heavy atom. The Balaban J connectivity index is 6.54. The molecule has 103 heavy (non-hydrogen) atoms. The van der Waals surface area contributed by atoms with E-state index >= 15 is 0 Å². The summed E-state index contributed by atoms with van der Waals surface area (Å²) in [5.41, 5.74) is 0. The quantitative estimate of drug-likeness (QED) is 0.0116. The number of carbonyl (C=O) groups excluding carboxylic acids is 6. The number of rotatable bonds is 60. The highest BCUT2D eigenvalue weighted by atomic mass is 16.7. The van der Waals surface area contributed by atoms with Crippen molar-refractivity contribution in [1.29, 1.82) is 0 Å². The van der Waals surface area contributed by atoms with Crippen molar-refractivity contribution >= 4 is 78.5 Å². The van der Waals surface area contributed by atoms with Crippen LogP contribution in [0.3, 0.4) is 0 Å². The largest absolute Gasteiger partial charge is 0.480 e. The summed E-state index contributed by atoms with van der Waals surface area (Å²) in [6, 6.07) is 0. The summed E-state index contributed by atoms with van der Waals surface area (Å²) in [7, 11) is 0. The number of carboxylic acid groups (broad SMARTS) is 3. The molecule has 0 aliphatic carbocycles. The molecule has 0 unspecified atom stereocenters. The molecule has 0 aliphatic heterocycles. The number of oxime groups is 4. The fourth-order valence-corrected chi connectivity index (χ4v) is 7.67. The van der Waals surface area contributed by atoms with Crippen molar-refractivity contribution in [2.75, 3.05) is 164 Å². The zero-order valence-corrected chi connectivity index (χ0v) is 55.0. The molecule has 0 heterocycles. The third-order valence-electron chi connectivity index (χ3n) is 13.5. The second-order valence-electron chi connectivity index (χ2n) is 21.5. The van der Waals surface area contributed by atoms with E-state index in [1.165, 1.54) is 0 Å². The maximum Gasteiger partial charge on any atom is 0.347 e. The van der Waals surface area contributed by atoms with Crippen LogP contribution in [0.4, 0.5) is 0 Å². The van der Waals surface area contributed by atoms with Crippen molar-refractivity contribution in [1.82, 2.24) is 24.5 Å². The summed E-state index contributed by atoms with van der Waals surface area (Å²) in [4.78, 5) is 138. The van der Waals surface area contributed by atoms with Crippen LogP contribution in [0.5, 0.6) is 0 Å². The van der Waals surface area contributed by atoms with E-state index in [-0.39, 0.29) is 0 Å². The Labute approximate surface area is 583 Å². The maximum atomic E-state index is 13.9. The molecule has 0 aromatic rings. The lowest BCUT2D eigenvalue weighted by Crippen LogP contribution is -2.49. The fourth-order valence-electron chi connectivity index (χ4n) is 7.67. The highest BCUT2D eigenvalue weighted by molar-refractivity contribution is 5.80. The van der Waals surface area contributed by atoms with Gasteiger partial charge in [0.25, 0.3) is 0 Å². The van der Waals surface area contributed by atoms with Crippen LogP contribution in [0.25, 0.3) is 0 Å². The van der Waals surface area contributed by atoms with Gasteiger partial charge in [0.1, 0.15) is 124 Å². The van der Waals surface area contributed by atoms with E-state index in [1.54, 1.807) is 0 Å². The van der Waals surface area contributed by atoms with Crippen molar-refractivity contribution in [3.8, 4) is 0 Å². The van der Waals surface area contributed by atoms with Crippen molar-refractivity contribution < 1.29 is 199 Å². The van der Waals surface area contributed by atoms with Crippen LogP contribution in [0.1, 0.15) is 0 Å². The molecular weight excluding hydrogens is 1410 g/mol. The Kier molecular flexibility index (Phi) is 49.8. The first kappa shape index (κ1) is 95.2. The molecule has 0 spiro atoms. The topological polar surface area (TPSA) is 758 Å². The molecule has 0 saturated heterocycles. The lowest BCUT2D eigenvalue weighted by atomic mass is 10.0. The van der Waals surface area contributed by atoms with Crippen molar-refractivity contribution in [3.05, 3.63) is 0 Å². The number of hydrogen-bond acceptors (Lipinski definition) is 44. The van der Waals surface area contributed by atoms with Crippen LogP contribution in [0, 0.1) is 0 Å². The number of aliphatic carboxylic acids is 3. The molecule has 0 aromatic heterocycles. The lowest BCUT2D eigenvalue weighted by Gasteiger charge is -2.30. The van der Waals surface area contributed by atoms with Gasteiger partial charge in [-0.25, -0.2) is 19.2 Å². The Morgan fingerprint density at radius 2 is 0.495 bits per heavy atom. The van der Waals surface area contributed by atoms with Crippen molar-refractivity contribution in [2.45, 2.75) is 97.7 Å². The SMILES string of the molecule is O=C(O)CN(CCN(CC(=O)O)CC(=O)N(CCOC(=O)CO/N=C\[C@@H](O)[C@H](O)[C@@H](O)[C@@H](O)CO)CCOC(=O)CO/N=C/[C@@H](O)[C@H](O)[C@@H](O)[C@@H](O)CO)CCN(CC(=O)O)CC(=O)N(CCOC(=O)CO/N=C\[C@@H](O)[C@H](O)[C@@H](O)[C@@H](O)CO)CCOC(=O)CO/N=C/[C@@H](O)[C@H](O)[C@@H](O)[C@@H](O)CO. The normalized spacial score (nSPS) is 16.7. The smallest absolute Gasteiger partial charge is 0.347 e. The Morgan fingerprint density at radius 3 is 0.699 bits per heavy atom. The van der Waals surface area contributed by atoms with E-state index in [4.69, 9.17) is 39.4 Å². The molecule has 49 heteroatoms. The molecule has 2 amide bonds. The number of carboxylic acids is 3. The van der Waals surface area contributed by atoms with Gasteiger partial charge in [0, 0.05) is 26.2 Å². The number of nitrogens with zero attached hydrogens (tertiary/aromatic N) is 9. The predicted molar refractivity (Wildman–Crippen MR) is 331 cm³/mol. The summed E-state index contributed by atoms with van der Waals surface area (Å²) in [6.07, 6.45) is -29.8. The van der Waals surface area contributed by atoms with Crippen LogP contribution >= 0.6 is 0 Å². The predicted octanol–water partition coefficient (Wildman–Crippen LogP) is -17.3. The molecule has 0 rings (SSSR count). The maximum absolute atomic E-state index is 13.9. The van der Waals surface area contributed by atoms with Gasteiger partial charge in [0.05, 0.1) is 110 Å². The summed E-state index contributed by atoms with van der Waals surface area (Å²) in [5.74, 6) is -11.2. The zero-order chi connectivity index (χ0) is 78.3. The van der Waals surface area contributed by atoms with E-state index in [0.29, 0.717) is 24.9 Å². The van der Waals surface area contributed by atoms with Crippen molar-refractivity contribution in [2.24, 2.45) is 20.6 Å². The van der Waals surface area contributed by atoms with Gasteiger partial charge >= 0.3 is 41.8 Å². The third-order valence-corrected chi connectivity index (χ3v) is 13.5. The number of aliphatic hydroxyl groups is 20. The summed E-state index contributed by atoms with van der Waals surface area (Å²) in [6.45, 7) is -18.7. The van der Waals surface area contributed by atoms with Gasteiger partial charge < -0.3 is 166 Å². The van der Waals surface area contributed by atoms with Crippen LogP contribution in [0.2, 0.25) is 0 Å². The molecule has 23 N–H and O–H groups in total. The summed E-state index contributed by atoms with van der Waals surface area (Å²) >= 11 is 0. The number of hydrogen-bond donors (Lipinski definition) is 23. The van der Waals surface area contributed by atoms with E-state index in [1.807, 2.05) is 0 Å². The zero-order valence-electron chi connectivity index (χ0n) is 55.0. The van der Waals surface area contributed by atoms with E-state index < -0.39 is 316 Å². The highest BCUT2D eigenvalue weighted by Gasteiger charge is 2.33. The fraction of sp³-hybridized carbons (Fsp3) is 0.759. The monoisotopic (exact) mass is 1510 g/mol. The molecule has 49 nitrogen and oxygen atoms in total. The van der Waals surface area contributed by atoms with Gasteiger partial charge in [-0.1, -0.05) is 20.6 Å². The average molecular weight is 1510 g/mol. The van der Waals surface area contributed by atoms with E-state index in [2.05, 4.69) is 40.0 Å². The van der Waals surface area contributed by atoms with Crippen LogP contribution in [-0.2, 0) is 81.4 Å². The molecule has 16 atom stereocenters. The standard InChI is InChI=1S/C54H93N9O40/c64-22-34(72)51(92)47(88)30(68)13-55-100-26-43(84)96-9-5-62(6-10-97-44(85)27-101-56-14-31(69)48(89)52(93)35(73)23-65)38(76)17-60(20-41(80)81)3-1-59(19-40(78)79)2-4-61(21-42(82)83)18-39(77)63(7-11-98-45(86)28-102-57-15-32(70)49(90)53(94)36(74)24-66)8-12-99-46(87)29-103-58-16-33(71)50(91)54(95)37(75)25-67/h13-16,30-37,47-54,64-75,88-95H,1-12,17-29H2,(H,78,79)(H,80,81)(H,82,83)/b55-13-,56-14+,57-15-,58-16+/t30-,31-,32-,33-,34+,35+,36+,37+,47+,48+,49+,50+,51+,52+,53+,54+/m1/s1. The second kappa shape index (κ2) is 53.9. The molecule has 0 aromatic carbocycles. The van der Waals surface area contributed by atoms with Gasteiger partial charge in [-0.3, -0.25) is 38.7 Å². The number of amides is 2. The van der Waals surface area contributed by atoms with E-state index in [0.717, 1.165) is 24.5 Å². The van der Waals surface area contributed by atoms with Gasteiger partial charge in [-0.05, 0) is 0 Å². The number of carbonyl (C=O) groups is 9. The van der Waals surface area contributed by atoms with Gasteiger partial charge in [0.15, 0.2) is 0 Å². The van der Waals surface area contributed by atoms with Gasteiger partial charge in [0.2, 0.25) is 38.2 Å². The molecule has 0 fully saturated rings. The first-order valence-corrected chi connectivity index (χ1v) is 30.5. The number of aliphatic hydroxyl groups excluding tert-OH is 20. The summed E-state index contributed by atoms with van der Waals surface area (Å²) in [5, 5.41) is 235. The van der Waals surface area contributed by atoms with Crippen LogP contribution in [0.15, 0.2) is 20.6 Å². The Hall–Kier alpha value is -7.81. The minimum absolute atomic E-state index is 0.405. The number of ether oxygens (including phenoxy) is 4. The molecule has 0 aliphatic rings. The van der Waals surface area contributed by atoms with Gasteiger partial charge in [-0.15, -0.1) is 0 Å².